The van der Waals surface area contributed by atoms with Crippen molar-refractivity contribution in [3.05, 3.63) is 49.9 Å². The van der Waals surface area contributed by atoms with E-state index in [9.17, 15) is 9.59 Å². The predicted molar refractivity (Wildman–Crippen MR) is 113 cm³/mol. The van der Waals surface area contributed by atoms with Crippen LogP contribution in [0.2, 0.25) is 15.1 Å². The van der Waals surface area contributed by atoms with E-state index >= 15 is 0 Å². The summed E-state index contributed by atoms with van der Waals surface area (Å²) in [5.41, 5.74) is 0.901. The van der Waals surface area contributed by atoms with Crippen LogP contribution in [0.15, 0.2) is 34.8 Å². The molecule has 144 valence electrons. The quantitative estimate of drug-likeness (QED) is 0.484. The number of carbonyl (C=O) groups is 2. The van der Waals surface area contributed by atoms with Crippen LogP contribution in [-0.2, 0) is 9.59 Å². The second kappa shape index (κ2) is 10.2. The van der Waals surface area contributed by atoms with Crippen molar-refractivity contribution in [2.75, 3.05) is 17.2 Å². The molecule has 2 rings (SSSR count). The molecule has 27 heavy (non-hydrogen) atoms. The average Bonchev–Trinajstić information content (AvgIpc) is 2.57. The van der Waals surface area contributed by atoms with Gasteiger partial charge in [0.05, 0.1) is 20.2 Å². The van der Waals surface area contributed by atoms with Crippen LogP contribution in [0.3, 0.4) is 0 Å². The van der Waals surface area contributed by atoms with E-state index in [-0.39, 0.29) is 17.5 Å². The van der Waals surface area contributed by atoms with Crippen molar-refractivity contribution in [1.82, 2.24) is 0 Å². The molecule has 0 spiro atoms. The van der Waals surface area contributed by atoms with Crippen LogP contribution in [0.4, 0.5) is 11.4 Å². The van der Waals surface area contributed by atoms with Crippen LogP contribution in [0.1, 0.15) is 19.8 Å². The molecule has 0 aromatic heterocycles. The number of halogens is 4. The monoisotopic (exact) mass is 492 g/mol. The Morgan fingerprint density at radius 3 is 2.44 bits per heavy atom. The molecule has 0 aliphatic rings. The largest absolute Gasteiger partial charge is 0.481 e. The van der Waals surface area contributed by atoms with E-state index in [4.69, 9.17) is 39.5 Å². The molecule has 0 fully saturated rings. The smallest absolute Gasteiger partial charge is 0.262 e. The molecule has 9 heteroatoms. The second-order valence-corrected chi connectivity index (χ2v) is 7.63. The Morgan fingerprint density at radius 2 is 1.78 bits per heavy atom. The summed E-state index contributed by atoms with van der Waals surface area (Å²) in [5, 5.41) is 6.45. The van der Waals surface area contributed by atoms with Crippen molar-refractivity contribution < 1.29 is 14.3 Å². The lowest BCUT2D eigenvalue weighted by atomic mass is 10.2. The van der Waals surface area contributed by atoms with E-state index in [1.165, 1.54) is 6.07 Å². The minimum Gasteiger partial charge on any atom is -0.481 e. The van der Waals surface area contributed by atoms with Gasteiger partial charge in [-0.05, 0) is 52.7 Å². The zero-order chi connectivity index (χ0) is 20.0. The molecule has 2 N–H and O–H groups in total. The molecule has 5 nitrogen and oxygen atoms in total. The van der Waals surface area contributed by atoms with Gasteiger partial charge in [-0.1, -0.05) is 41.7 Å². The highest BCUT2D eigenvalue weighted by Gasteiger charge is 2.13. The molecule has 0 unspecified atom stereocenters. The standard InChI is InChI=1S/C18H16BrCl3N2O3/c1-2-3-16(25)23-11-4-5-13(21)15(8-11)24-17(26)9-27-18-12(19)6-10(20)7-14(18)22/h4-8H,2-3,9H2,1H3,(H,23,25)(H,24,26). The Labute approximate surface area is 180 Å². The van der Waals surface area contributed by atoms with Gasteiger partial charge in [0.25, 0.3) is 5.91 Å². The van der Waals surface area contributed by atoms with Crippen molar-refractivity contribution in [2.45, 2.75) is 19.8 Å². The molecular formula is C18H16BrCl3N2O3. The van der Waals surface area contributed by atoms with Gasteiger partial charge in [-0.25, -0.2) is 0 Å². The topological polar surface area (TPSA) is 67.4 Å². The fourth-order valence-electron chi connectivity index (χ4n) is 2.14. The van der Waals surface area contributed by atoms with Crippen LogP contribution in [0, 0.1) is 0 Å². The number of anilines is 2. The normalized spacial score (nSPS) is 10.4. The van der Waals surface area contributed by atoms with Gasteiger partial charge < -0.3 is 15.4 Å². The summed E-state index contributed by atoms with van der Waals surface area (Å²) >= 11 is 21.3. The van der Waals surface area contributed by atoms with Gasteiger partial charge in [0.1, 0.15) is 0 Å². The molecule has 0 saturated heterocycles. The van der Waals surface area contributed by atoms with E-state index in [1.807, 2.05) is 6.92 Å². The highest BCUT2D eigenvalue weighted by molar-refractivity contribution is 9.10. The maximum atomic E-state index is 12.2. The minimum atomic E-state index is -0.438. The first kappa shape index (κ1) is 21.8. The summed E-state index contributed by atoms with van der Waals surface area (Å²) in [6.07, 6.45) is 1.15. The van der Waals surface area contributed by atoms with Gasteiger partial charge in [-0.15, -0.1) is 0 Å². The molecule has 2 aromatic carbocycles. The highest BCUT2D eigenvalue weighted by atomic mass is 79.9. The van der Waals surface area contributed by atoms with E-state index in [1.54, 1.807) is 24.3 Å². The van der Waals surface area contributed by atoms with Crippen LogP contribution >= 0.6 is 50.7 Å². The first-order chi connectivity index (χ1) is 12.8. The summed E-state index contributed by atoms with van der Waals surface area (Å²) in [7, 11) is 0. The lowest BCUT2D eigenvalue weighted by Crippen LogP contribution is -2.21. The lowest BCUT2D eigenvalue weighted by molar-refractivity contribution is -0.118. The molecule has 2 aromatic rings. The Kier molecular flexibility index (Phi) is 8.23. The number of nitrogens with one attached hydrogen (secondary N) is 2. The van der Waals surface area contributed by atoms with Crippen molar-refractivity contribution in [3.63, 3.8) is 0 Å². The fourth-order valence-corrected chi connectivity index (χ4v) is 3.67. The van der Waals surface area contributed by atoms with Crippen molar-refractivity contribution >= 4 is 73.9 Å². The highest BCUT2D eigenvalue weighted by Crippen LogP contribution is 2.36. The van der Waals surface area contributed by atoms with E-state index in [2.05, 4.69) is 26.6 Å². The minimum absolute atomic E-state index is 0.109. The van der Waals surface area contributed by atoms with E-state index in [0.717, 1.165) is 6.42 Å². The van der Waals surface area contributed by atoms with Gasteiger partial charge in [0, 0.05) is 17.1 Å². The number of hydrogen-bond acceptors (Lipinski definition) is 3. The van der Waals surface area contributed by atoms with Gasteiger partial charge >= 0.3 is 0 Å². The number of hydrogen-bond donors (Lipinski definition) is 2. The van der Waals surface area contributed by atoms with Gasteiger partial charge in [0.2, 0.25) is 5.91 Å². The molecular weight excluding hydrogens is 478 g/mol. The molecule has 0 radical (unpaired) electrons. The summed E-state index contributed by atoms with van der Waals surface area (Å²) < 4.78 is 5.99. The zero-order valence-electron chi connectivity index (χ0n) is 14.2. The maximum Gasteiger partial charge on any atom is 0.262 e. The van der Waals surface area contributed by atoms with Gasteiger partial charge in [0.15, 0.2) is 12.4 Å². The first-order valence-corrected chi connectivity index (χ1v) is 9.89. The number of carbonyl (C=O) groups excluding carboxylic acids is 2. The third-order valence-corrected chi connectivity index (χ3v) is 4.73. The molecule has 0 heterocycles. The first-order valence-electron chi connectivity index (χ1n) is 7.96. The van der Waals surface area contributed by atoms with E-state index in [0.29, 0.717) is 38.1 Å². The van der Waals surface area contributed by atoms with Crippen molar-refractivity contribution in [1.29, 1.82) is 0 Å². The average molecular weight is 495 g/mol. The Balaban J connectivity index is 2.02. The maximum absolute atomic E-state index is 12.2. The van der Waals surface area contributed by atoms with Gasteiger partial charge in [-0.3, -0.25) is 9.59 Å². The van der Waals surface area contributed by atoms with Crippen molar-refractivity contribution in [2.24, 2.45) is 0 Å². The second-order valence-electron chi connectivity index (χ2n) is 5.53. The number of rotatable bonds is 7. The number of benzene rings is 2. The van der Waals surface area contributed by atoms with Crippen molar-refractivity contribution in [3.8, 4) is 5.75 Å². The zero-order valence-corrected chi connectivity index (χ0v) is 18.1. The van der Waals surface area contributed by atoms with Crippen LogP contribution in [-0.4, -0.2) is 18.4 Å². The fraction of sp³-hybridized carbons (Fsp3) is 0.222. The Morgan fingerprint density at radius 1 is 1.04 bits per heavy atom. The third kappa shape index (κ3) is 6.57. The molecule has 0 aliphatic carbocycles. The molecule has 0 bridgehead atoms. The van der Waals surface area contributed by atoms with Crippen LogP contribution in [0.5, 0.6) is 5.75 Å². The third-order valence-electron chi connectivity index (χ3n) is 3.31. The van der Waals surface area contributed by atoms with Gasteiger partial charge in [-0.2, -0.15) is 0 Å². The number of amides is 2. The summed E-state index contributed by atoms with van der Waals surface area (Å²) in [6.45, 7) is 1.63. The molecule has 0 aliphatic heterocycles. The van der Waals surface area contributed by atoms with Crippen LogP contribution in [0.25, 0.3) is 0 Å². The SMILES string of the molecule is CCCC(=O)Nc1ccc(Cl)c(NC(=O)COc2c(Cl)cc(Cl)cc2Br)c1. The summed E-state index contributed by atoms with van der Waals surface area (Å²) in [4.78, 5) is 23.9. The molecule has 0 atom stereocenters. The van der Waals surface area contributed by atoms with E-state index < -0.39 is 5.91 Å². The summed E-state index contributed by atoms with van der Waals surface area (Å²) in [5.74, 6) is -0.239. The number of ether oxygens (including phenoxy) is 1. The molecule has 2 amide bonds. The Bertz CT molecular complexity index is 839. The molecule has 0 saturated carbocycles. The predicted octanol–water partition coefficient (Wildman–Crippen LogP) is 6.17. The van der Waals surface area contributed by atoms with Crippen LogP contribution < -0.4 is 15.4 Å². The Hall–Kier alpha value is -1.47. The summed E-state index contributed by atoms with van der Waals surface area (Å²) in [6, 6.07) is 7.96. The lowest BCUT2D eigenvalue weighted by Gasteiger charge is -2.12.